The van der Waals surface area contributed by atoms with Crippen molar-refractivity contribution in [1.82, 2.24) is 15.5 Å². The summed E-state index contributed by atoms with van der Waals surface area (Å²) in [5.41, 5.74) is -0.0191. The summed E-state index contributed by atoms with van der Waals surface area (Å²) in [6.07, 6.45) is 2.10. The molecular formula is C28H45N3O7. The molecule has 3 amide bonds. The molecule has 0 fully saturated rings. The number of aromatic hydroxyl groups is 1. The summed E-state index contributed by atoms with van der Waals surface area (Å²) in [6.45, 7) is 12.4. The van der Waals surface area contributed by atoms with Gasteiger partial charge in [0.05, 0.1) is 7.11 Å². The molecule has 0 saturated heterocycles. The number of amides is 3. The van der Waals surface area contributed by atoms with Crippen LogP contribution in [-0.2, 0) is 23.9 Å². The maximum Gasteiger partial charge on any atom is 0.408 e. The number of unbranched alkanes of at least 4 members (excludes halogenated alkanes) is 2. The highest BCUT2D eigenvalue weighted by atomic mass is 16.6. The minimum atomic E-state index is -1.25. The van der Waals surface area contributed by atoms with E-state index in [2.05, 4.69) is 15.4 Å². The number of carbonyl (C=O) groups excluding carboxylic acids is 4. The lowest BCUT2D eigenvalue weighted by molar-refractivity contribution is -0.145. The van der Waals surface area contributed by atoms with Crippen molar-refractivity contribution in [3.05, 3.63) is 29.3 Å². The molecule has 0 bridgehead atoms. The number of carbonyl (C=O) groups is 4. The van der Waals surface area contributed by atoms with Crippen LogP contribution < -0.4 is 10.6 Å². The number of methoxy groups -OCH3 is 1. The van der Waals surface area contributed by atoms with Gasteiger partial charge >= 0.3 is 12.1 Å². The number of rotatable bonds is 13. The van der Waals surface area contributed by atoms with Crippen LogP contribution in [0.5, 0.6) is 5.75 Å². The van der Waals surface area contributed by atoms with Crippen LogP contribution in [0.1, 0.15) is 84.4 Å². The van der Waals surface area contributed by atoms with E-state index in [1.165, 1.54) is 12.0 Å². The van der Waals surface area contributed by atoms with Gasteiger partial charge in [-0.2, -0.15) is 0 Å². The van der Waals surface area contributed by atoms with E-state index in [1.54, 1.807) is 45.9 Å². The molecule has 0 aliphatic carbocycles. The Bertz CT molecular complexity index is 958. The number of benzene rings is 1. The summed E-state index contributed by atoms with van der Waals surface area (Å²) in [5.74, 6) is -2.20. The fraction of sp³-hybridized carbons (Fsp3) is 0.643. The largest absolute Gasteiger partial charge is 0.507 e. The van der Waals surface area contributed by atoms with Gasteiger partial charge in [0, 0.05) is 12.1 Å². The molecule has 0 aromatic heterocycles. The first kappa shape index (κ1) is 32.7. The number of para-hydroxylation sites is 1. The molecule has 214 valence electrons. The van der Waals surface area contributed by atoms with Crippen LogP contribution in [0.15, 0.2) is 18.2 Å². The smallest absolute Gasteiger partial charge is 0.408 e. The Morgan fingerprint density at radius 1 is 1.11 bits per heavy atom. The first-order valence-corrected chi connectivity index (χ1v) is 13.2. The molecule has 1 aromatic rings. The third-order valence-corrected chi connectivity index (χ3v) is 6.20. The number of aryl methyl sites for hydroxylation is 1. The lowest BCUT2D eigenvalue weighted by Crippen LogP contribution is -2.55. The van der Waals surface area contributed by atoms with Crippen LogP contribution >= 0.6 is 0 Å². The number of phenols is 1. The maximum atomic E-state index is 14.2. The molecule has 3 atom stereocenters. The van der Waals surface area contributed by atoms with Gasteiger partial charge in [0.1, 0.15) is 30.0 Å². The van der Waals surface area contributed by atoms with Gasteiger partial charge in [-0.3, -0.25) is 14.4 Å². The Hall–Kier alpha value is -3.30. The minimum absolute atomic E-state index is 0.126. The van der Waals surface area contributed by atoms with Crippen molar-refractivity contribution >= 4 is 23.9 Å². The number of nitrogens with one attached hydrogen (secondary N) is 2. The van der Waals surface area contributed by atoms with E-state index in [1.807, 2.05) is 20.8 Å². The highest BCUT2D eigenvalue weighted by molar-refractivity contribution is 5.93. The van der Waals surface area contributed by atoms with Crippen LogP contribution in [0, 0.1) is 12.8 Å². The Morgan fingerprint density at radius 2 is 1.76 bits per heavy atom. The van der Waals surface area contributed by atoms with Crippen molar-refractivity contribution in [3.63, 3.8) is 0 Å². The first-order valence-electron chi connectivity index (χ1n) is 13.2. The molecule has 1 rings (SSSR count). The number of phenolic OH excluding ortho intramolecular Hbond substituents is 1. The topological polar surface area (TPSA) is 134 Å². The average Bonchev–Trinajstić information content (AvgIpc) is 2.85. The van der Waals surface area contributed by atoms with E-state index >= 15 is 0 Å². The van der Waals surface area contributed by atoms with Gasteiger partial charge in [-0.1, -0.05) is 58.2 Å². The first-order chi connectivity index (χ1) is 17.8. The van der Waals surface area contributed by atoms with Crippen molar-refractivity contribution in [2.24, 2.45) is 5.92 Å². The normalized spacial score (nSPS) is 13.6. The van der Waals surface area contributed by atoms with Crippen LogP contribution in [-0.4, -0.2) is 65.7 Å². The summed E-state index contributed by atoms with van der Waals surface area (Å²) >= 11 is 0. The Morgan fingerprint density at radius 3 is 2.32 bits per heavy atom. The number of hydrogen-bond donors (Lipinski definition) is 3. The number of ether oxygens (including phenoxy) is 2. The molecule has 3 unspecified atom stereocenters. The van der Waals surface area contributed by atoms with Gasteiger partial charge in [0.2, 0.25) is 11.8 Å². The van der Waals surface area contributed by atoms with Crippen molar-refractivity contribution < 1.29 is 33.8 Å². The highest BCUT2D eigenvalue weighted by Gasteiger charge is 2.39. The van der Waals surface area contributed by atoms with Gasteiger partial charge in [0.25, 0.3) is 0 Å². The minimum Gasteiger partial charge on any atom is -0.507 e. The monoisotopic (exact) mass is 535 g/mol. The SMILES string of the molecule is CCCCCN(C(=O)C(NC(=O)OC(C)(C)C)C(C)CC)C(C(=O)NCC(=O)OC)c1cccc(C)c1O. The zero-order chi connectivity index (χ0) is 29.0. The second-order valence-corrected chi connectivity index (χ2v) is 10.5. The van der Waals surface area contributed by atoms with Crippen LogP contribution in [0.2, 0.25) is 0 Å². The fourth-order valence-corrected chi connectivity index (χ4v) is 3.88. The zero-order valence-electron chi connectivity index (χ0n) is 24.1. The Labute approximate surface area is 226 Å². The molecule has 3 N–H and O–H groups in total. The van der Waals surface area contributed by atoms with E-state index in [9.17, 15) is 24.3 Å². The van der Waals surface area contributed by atoms with Gasteiger partial charge in [-0.15, -0.1) is 0 Å². The van der Waals surface area contributed by atoms with Crippen molar-refractivity contribution in [3.8, 4) is 5.75 Å². The number of hydrogen-bond acceptors (Lipinski definition) is 7. The standard InChI is InChI=1S/C28H45N3O7/c1-9-11-12-16-31(26(35)22(18(3)10-2)30-27(36)38-28(5,6)7)23(25(34)29-17-21(32)37-8)20-15-13-14-19(4)24(20)33/h13-15,18,22-23,33H,9-12,16-17H2,1-8H3,(H,29,34)(H,30,36). The molecule has 38 heavy (non-hydrogen) atoms. The fourth-order valence-electron chi connectivity index (χ4n) is 3.88. The molecule has 0 radical (unpaired) electrons. The lowest BCUT2D eigenvalue weighted by Gasteiger charge is -2.36. The Kier molecular flexibility index (Phi) is 13.1. The second kappa shape index (κ2) is 15.2. The highest BCUT2D eigenvalue weighted by Crippen LogP contribution is 2.33. The van der Waals surface area contributed by atoms with Crippen molar-refractivity contribution in [1.29, 1.82) is 0 Å². The van der Waals surface area contributed by atoms with Crippen molar-refractivity contribution in [2.75, 3.05) is 20.2 Å². The van der Waals surface area contributed by atoms with Gasteiger partial charge in [0.15, 0.2) is 0 Å². The van der Waals surface area contributed by atoms with Gasteiger partial charge in [-0.05, 0) is 45.6 Å². The van der Waals surface area contributed by atoms with Crippen LogP contribution in [0.3, 0.4) is 0 Å². The second-order valence-electron chi connectivity index (χ2n) is 10.5. The average molecular weight is 536 g/mol. The molecule has 10 heteroatoms. The van der Waals surface area contributed by atoms with Crippen LogP contribution in [0.4, 0.5) is 4.79 Å². The lowest BCUT2D eigenvalue weighted by atomic mass is 9.94. The van der Waals surface area contributed by atoms with Crippen LogP contribution in [0.25, 0.3) is 0 Å². The summed E-state index contributed by atoms with van der Waals surface area (Å²) in [6, 6.07) is 2.71. The zero-order valence-corrected chi connectivity index (χ0v) is 24.1. The molecule has 0 aliphatic heterocycles. The van der Waals surface area contributed by atoms with Crippen molar-refractivity contribution in [2.45, 2.75) is 91.8 Å². The summed E-state index contributed by atoms with van der Waals surface area (Å²) in [7, 11) is 1.21. The van der Waals surface area contributed by atoms with E-state index in [-0.39, 0.29) is 23.8 Å². The summed E-state index contributed by atoms with van der Waals surface area (Å²) in [4.78, 5) is 53.5. The van der Waals surface area contributed by atoms with Gasteiger partial charge < -0.3 is 30.1 Å². The van der Waals surface area contributed by atoms with E-state index < -0.39 is 48.1 Å². The Balaban J connectivity index is 3.60. The van der Waals surface area contributed by atoms with E-state index in [4.69, 9.17) is 4.74 Å². The molecular weight excluding hydrogens is 490 g/mol. The number of nitrogens with zero attached hydrogens (tertiary/aromatic N) is 1. The molecule has 10 nitrogen and oxygen atoms in total. The van der Waals surface area contributed by atoms with Gasteiger partial charge in [-0.25, -0.2) is 4.79 Å². The molecule has 1 aromatic carbocycles. The predicted octanol–water partition coefficient (Wildman–Crippen LogP) is 3.99. The third-order valence-electron chi connectivity index (χ3n) is 6.20. The molecule has 0 spiro atoms. The molecule has 0 saturated carbocycles. The molecule has 0 heterocycles. The number of esters is 1. The quantitative estimate of drug-likeness (QED) is 0.257. The third kappa shape index (κ3) is 9.87. The maximum absolute atomic E-state index is 14.2. The number of alkyl carbamates (subject to hydrolysis) is 1. The predicted molar refractivity (Wildman–Crippen MR) is 144 cm³/mol. The summed E-state index contributed by atoms with van der Waals surface area (Å²) < 4.78 is 10.0. The van der Waals surface area contributed by atoms with E-state index in [0.29, 0.717) is 18.4 Å². The summed E-state index contributed by atoms with van der Waals surface area (Å²) in [5, 5.41) is 16.1. The molecule has 0 aliphatic rings. The van der Waals surface area contributed by atoms with E-state index in [0.717, 1.165) is 12.8 Å².